The fraction of sp³-hybridized carbons (Fsp3) is 0.167. The number of amidine groups is 2. The number of amides is 1. The third-order valence-electron chi connectivity index (χ3n) is 4.14. The largest absolute Gasteiger partial charge is 0.376 e. The molecule has 2 aliphatic rings. The summed E-state index contributed by atoms with van der Waals surface area (Å²) in [4.78, 5) is 21.8. The van der Waals surface area contributed by atoms with Crippen molar-refractivity contribution in [2.45, 2.75) is 20.4 Å². The Bertz CT molecular complexity index is 978. The SMILES string of the molecule is CCn1cc(/C=C2/C(=N)N3OC(C)=CC3=NC2=O)c2ccccc21. The van der Waals surface area contributed by atoms with Crippen molar-refractivity contribution in [1.29, 1.82) is 5.41 Å². The second kappa shape index (κ2) is 5.19. The van der Waals surface area contributed by atoms with Crippen LogP contribution in [0.5, 0.6) is 0 Å². The number of aromatic nitrogens is 1. The summed E-state index contributed by atoms with van der Waals surface area (Å²) in [6, 6.07) is 8.01. The molecule has 6 nitrogen and oxygen atoms in total. The molecule has 1 N–H and O–H groups in total. The predicted molar refractivity (Wildman–Crippen MR) is 92.4 cm³/mol. The topological polar surface area (TPSA) is 70.7 Å². The van der Waals surface area contributed by atoms with Crippen molar-refractivity contribution in [1.82, 2.24) is 9.63 Å². The van der Waals surface area contributed by atoms with Gasteiger partial charge in [0.15, 0.2) is 11.7 Å². The van der Waals surface area contributed by atoms with E-state index in [2.05, 4.69) is 16.5 Å². The first-order valence-electron chi connectivity index (χ1n) is 7.76. The number of hydrogen-bond acceptors (Lipinski definition) is 3. The van der Waals surface area contributed by atoms with Crippen LogP contribution < -0.4 is 0 Å². The van der Waals surface area contributed by atoms with Crippen LogP contribution in [0.2, 0.25) is 0 Å². The Kier molecular flexibility index (Phi) is 3.13. The van der Waals surface area contributed by atoms with Crippen LogP contribution in [0, 0.1) is 5.41 Å². The average molecular weight is 320 g/mol. The minimum Gasteiger partial charge on any atom is -0.376 e. The van der Waals surface area contributed by atoms with Gasteiger partial charge in [0.25, 0.3) is 5.91 Å². The fourth-order valence-electron chi connectivity index (χ4n) is 3.01. The summed E-state index contributed by atoms with van der Waals surface area (Å²) in [5.41, 5.74) is 2.21. The third kappa shape index (κ3) is 2.07. The Morgan fingerprint density at radius 3 is 2.92 bits per heavy atom. The molecular formula is C18H16N4O2. The van der Waals surface area contributed by atoms with Crippen LogP contribution in [0.1, 0.15) is 19.4 Å². The number of aliphatic imine (C=N–C) groups is 1. The highest BCUT2D eigenvalue weighted by Crippen LogP contribution is 2.27. The van der Waals surface area contributed by atoms with Crippen molar-refractivity contribution in [2.24, 2.45) is 4.99 Å². The highest BCUT2D eigenvalue weighted by Gasteiger charge is 2.34. The molecule has 3 heterocycles. The number of benzene rings is 1. The number of para-hydroxylation sites is 1. The summed E-state index contributed by atoms with van der Waals surface area (Å²) in [6.07, 6.45) is 5.36. The molecular weight excluding hydrogens is 304 g/mol. The predicted octanol–water partition coefficient (Wildman–Crippen LogP) is 3.11. The zero-order valence-corrected chi connectivity index (χ0v) is 13.4. The second-order valence-corrected chi connectivity index (χ2v) is 5.71. The Labute approximate surface area is 138 Å². The molecule has 2 aliphatic heterocycles. The van der Waals surface area contributed by atoms with Crippen molar-refractivity contribution in [3.63, 3.8) is 0 Å². The first kappa shape index (κ1) is 14.4. The van der Waals surface area contributed by atoms with Gasteiger partial charge in [-0.1, -0.05) is 18.2 Å². The van der Waals surface area contributed by atoms with Crippen LogP contribution in [0.15, 0.2) is 52.9 Å². The Balaban J connectivity index is 1.83. The standard InChI is InChI=1S/C18H16N4O2/c1-3-21-10-12(13-6-4-5-7-15(13)21)9-14-17(19)22-16(20-18(14)23)8-11(2)24-22/h4-10,19H,3H2,1-2H3/b14-9-,19-17?. The van der Waals surface area contributed by atoms with Gasteiger partial charge in [0.05, 0.1) is 5.57 Å². The molecule has 0 unspecified atom stereocenters. The van der Waals surface area contributed by atoms with E-state index in [-0.39, 0.29) is 11.4 Å². The molecule has 2 aromatic rings. The van der Waals surface area contributed by atoms with Crippen molar-refractivity contribution < 1.29 is 9.63 Å². The highest BCUT2D eigenvalue weighted by molar-refractivity contribution is 6.32. The molecule has 1 amide bonds. The van der Waals surface area contributed by atoms with Crippen LogP contribution in [0.3, 0.4) is 0 Å². The van der Waals surface area contributed by atoms with E-state index < -0.39 is 5.91 Å². The lowest BCUT2D eigenvalue weighted by Crippen LogP contribution is -2.38. The summed E-state index contributed by atoms with van der Waals surface area (Å²) in [7, 11) is 0. The lowest BCUT2D eigenvalue weighted by Gasteiger charge is -2.22. The summed E-state index contributed by atoms with van der Waals surface area (Å²) in [6.45, 7) is 4.66. The summed E-state index contributed by atoms with van der Waals surface area (Å²) >= 11 is 0. The van der Waals surface area contributed by atoms with Crippen molar-refractivity contribution in [3.8, 4) is 0 Å². The van der Waals surface area contributed by atoms with Gasteiger partial charge in [-0.25, -0.2) is 0 Å². The number of hydrogen-bond donors (Lipinski definition) is 1. The van der Waals surface area contributed by atoms with Gasteiger partial charge in [0, 0.05) is 35.3 Å². The quantitative estimate of drug-likeness (QED) is 0.864. The molecule has 0 fully saturated rings. The Morgan fingerprint density at radius 1 is 1.33 bits per heavy atom. The molecule has 24 heavy (non-hydrogen) atoms. The smallest absolute Gasteiger partial charge is 0.282 e. The molecule has 0 saturated heterocycles. The zero-order chi connectivity index (χ0) is 16.8. The summed E-state index contributed by atoms with van der Waals surface area (Å²) < 4.78 is 2.12. The number of allylic oxidation sites excluding steroid dienone is 1. The van der Waals surface area contributed by atoms with Crippen molar-refractivity contribution >= 4 is 34.6 Å². The summed E-state index contributed by atoms with van der Waals surface area (Å²) in [5.74, 6) is 0.548. The molecule has 0 aliphatic carbocycles. The van der Waals surface area contributed by atoms with Crippen LogP contribution in [-0.2, 0) is 16.2 Å². The fourth-order valence-corrected chi connectivity index (χ4v) is 3.01. The number of fused-ring (bicyclic) bond motifs is 2. The Hall–Kier alpha value is -3.15. The van der Waals surface area contributed by atoms with E-state index in [1.807, 2.05) is 30.5 Å². The Morgan fingerprint density at radius 2 is 2.12 bits per heavy atom. The molecule has 1 aromatic heterocycles. The van der Waals surface area contributed by atoms with E-state index >= 15 is 0 Å². The van der Waals surface area contributed by atoms with Crippen LogP contribution >= 0.6 is 0 Å². The van der Waals surface area contributed by atoms with Crippen molar-refractivity contribution in [2.75, 3.05) is 0 Å². The van der Waals surface area contributed by atoms with Crippen LogP contribution in [0.4, 0.5) is 0 Å². The van der Waals surface area contributed by atoms with Crippen LogP contribution in [0.25, 0.3) is 17.0 Å². The van der Waals surface area contributed by atoms with E-state index in [0.29, 0.717) is 11.6 Å². The molecule has 0 radical (unpaired) electrons. The number of carbonyl (C=O) groups excluding carboxylic acids is 1. The van der Waals surface area contributed by atoms with Crippen LogP contribution in [-0.4, -0.2) is 27.2 Å². The van der Waals surface area contributed by atoms with E-state index in [9.17, 15) is 4.79 Å². The number of hydroxylamine groups is 2. The second-order valence-electron chi connectivity index (χ2n) is 5.71. The van der Waals surface area contributed by atoms with Gasteiger partial charge in [0.1, 0.15) is 5.76 Å². The molecule has 0 atom stereocenters. The number of aryl methyl sites for hydroxylation is 1. The minimum atomic E-state index is -0.422. The van der Waals surface area contributed by atoms with Gasteiger partial charge < -0.3 is 9.40 Å². The number of nitrogens with zero attached hydrogens (tertiary/aromatic N) is 3. The maximum atomic E-state index is 12.4. The van der Waals surface area contributed by atoms with E-state index in [4.69, 9.17) is 10.2 Å². The molecule has 1 aromatic carbocycles. The molecule has 120 valence electrons. The first-order valence-corrected chi connectivity index (χ1v) is 7.76. The normalized spacial score (nSPS) is 18.8. The van der Waals surface area contributed by atoms with E-state index in [1.54, 1.807) is 19.1 Å². The minimum absolute atomic E-state index is 0.00595. The van der Waals surface area contributed by atoms with Crippen molar-refractivity contribution in [3.05, 3.63) is 53.4 Å². The molecule has 6 heteroatoms. The average Bonchev–Trinajstić information content (AvgIpc) is 3.12. The maximum absolute atomic E-state index is 12.4. The van der Waals surface area contributed by atoms with Gasteiger partial charge in [-0.2, -0.15) is 4.99 Å². The van der Waals surface area contributed by atoms with E-state index in [1.165, 1.54) is 5.06 Å². The first-order chi connectivity index (χ1) is 11.6. The molecule has 0 bridgehead atoms. The van der Waals surface area contributed by atoms with Gasteiger partial charge in [-0.3, -0.25) is 10.2 Å². The van der Waals surface area contributed by atoms with Gasteiger partial charge in [-0.15, -0.1) is 5.06 Å². The molecule has 4 rings (SSSR count). The van der Waals surface area contributed by atoms with Gasteiger partial charge in [-0.05, 0) is 26.0 Å². The third-order valence-corrected chi connectivity index (χ3v) is 4.14. The zero-order valence-electron chi connectivity index (χ0n) is 13.4. The number of carbonyl (C=O) groups is 1. The lowest BCUT2D eigenvalue weighted by atomic mass is 10.1. The highest BCUT2D eigenvalue weighted by atomic mass is 16.7. The monoisotopic (exact) mass is 320 g/mol. The molecule has 0 saturated carbocycles. The summed E-state index contributed by atoms with van der Waals surface area (Å²) in [5, 5.41) is 10.6. The maximum Gasteiger partial charge on any atom is 0.282 e. The molecule has 0 spiro atoms. The van der Waals surface area contributed by atoms with E-state index in [0.717, 1.165) is 23.0 Å². The van der Waals surface area contributed by atoms with Gasteiger partial charge >= 0.3 is 0 Å². The number of nitrogens with one attached hydrogen (secondary N) is 1. The lowest BCUT2D eigenvalue weighted by molar-refractivity contribution is -0.114. The number of rotatable bonds is 2. The van der Waals surface area contributed by atoms with Gasteiger partial charge in [0.2, 0.25) is 0 Å².